The number of benzene rings is 1. The van der Waals surface area contributed by atoms with Crippen LogP contribution in [0.1, 0.15) is 29.5 Å². The first kappa shape index (κ1) is 11.9. The van der Waals surface area contributed by atoms with Gasteiger partial charge in [0.2, 0.25) is 0 Å². The zero-order valence-corrected chi connectivity index (χ0v) is 8.77. The molecule has 0 unspecified atom stereocenters. The van der Waals surface area contributed by atoms with Crippen LogP contribution in [0, 0.1) is 11.3 Å². The van der Waals surface area contributed by atoms with Crippen LogP contribution in [-0.2, 0) is 6.42 Å². The van der Waals surface area contributed by atoms with Crippen molar-refractivity contribution < 1.29 is 8.78 Å². The molecule has 0 amide bonds. The van der Waals surface area contributed by atoms with Crippen molar-refractivity contribution in [2.45, 2.75) is 19.3 Å². The van der Waals surface area contributed by atoms with Gasteiger partial charge in [-0.3, -0.25) is 0 Å². The van der Waals surface area contributed by atoms with Crippen LogP contribution >= 0.6 is 11.6 Å². The van der Waals surface area contributed by atoms with E-state index in [1.54, 1.807) is 6.07 Å². The smallest absolute Gasteiger partial charge is 0.205 e. The number of alkyl halides is 3. The lowest BCUT2D eigenvalue weighted by Crippen LogP contribution is -1.94. The molecular weight excluding hydrogens is 220 g/mol. The number of hydrogen-bond acceptors (Lipinski definition) is 1. The first-order valence-electron chi connectivity index (χ1n) is 4.56. The number of rotatable bonds is 4. The van der Waals surface area contributed by atoms with Gasteiger partial charge in [-0.05, 0) is 24.5 Å². The highest BCUT2D eigenvalue weighted by Crippen LogP contribution is 2.22. The maximum absolute atomic E-state index is 12.3. The molecule has 0 aliphatic heterocycles. The lowest BCUT2D eigenvalue weighted by Gasteiger charge is -2.05. The zero-order chi connectivity index (χ0) is 11.3. The van der Waals surface area contributed by atoms with Crippen LogP contribution in [0.2, 0.25) is 0 Å². The number of nitrogens with zero attached hydrogens (tertiary/aromatic N) is 1. The Morgan fingerprint density at radius 3 is 2.67 bits per heavy atom. The summed E-state index contributed by atoms with van der Waals surface area (Å²) in [6.07, 6.45) is -1.14. The Balaban J connectivity index is 2.95. The molecule has 0 bridgehead atoms. The van der Waals surface area contributed by atoms with Crippen molar-refractivity contribution in [1.29, 1.82) is 5.26 Å². The van der Waals surface area contributed by atoms with Crippen molar-refractivity contribution in [1.82, 2.24) is 0 Å². The Hall–Kier alpha value is -1.14. The maximum atomic E-state index is 12.3. The number of hydrogen-bond donors (Lipinski definition) is 0. The first-order chi connectivity index (χ1) is 7.19. The quantitative estimate of drug-likeness (QED) is 0.723. The molecule has 1 nitrogen and oxygen atoms in total. The summed E-state index contributed by atoms with van der Waals surface area (Å²) in [4.78, 5) is 0. The summed E-state index contributed by atoms with van der Waals surface area (Å²) in [5.74, 6) is 0.501. The van der Waals surface area contributed by atoms with Crippen LogP contribution in [-0.4, -0.2) is 5.88 Å². The van der Waals surface area contributed by atoms with Crippen LogP contribution in [0.15, 0.2) is 18.2 Å². The van der Waals surface area contributed by atoms with E-state index in [2.05, 4.69) is 0 Å². The normalized spacial score (nSPS) is 10.3. The average Bonchev–Trinajstić information content (AvgIpc) is 2.25. The molecule has 0 aromatic heterocycles. The van der Waals surface area contributed by atoms with Gasteiger partial charge < -0.3 is 0 Å². The summed E-state index contributed by atoms with van der Waals surface area (Å²) >= 11 is 5.53. The van der Waals surface area contributed by atoms with Gasteiger partial charge in [-0.1, -0.05) is 12.1 Å². The molecule has 0 atom stereocenters. The lowest BCUT2D eigenvalue weighted by molar-refractivity contribution is 0.151. The highest BCUT2D eigenvalue weighted by molar-refractivity contribution is 6.17. The van der Waals surface area contributed by atoms with E-state index in [0.29, 0.717) is 17.9 Å². The van der Waals surface area contributed by atoms with Gasteiger partial charge in [-0.25, -0.2) is 8.78 Å². The molecular formula is C11H10ClF2N. The fourth-order valence-electron chi connectivity index (χ4n) is 1.31. The van der Waals surface area contributed by atoms with Gasteiger partial charge in [-0.2, -0.15) is 5.26 Å². The fourth-order valence-corrected chi connectivity index (χ4v) is 1.44. The van der Waals surface area contributed by atoms with Gasteiger partial charge in [0.05, 0.1) is 11.6 Å². The standard InChI is InChI=1S/C11H10ClF2N/c12-5-1-2-8-3-4-9(11(13)14)6-10(8)7-15/h3-4,6,11H,1-2,5H2. The van der Waals surface area contributed by atoms with Gasteiger partial charge in [0, 0.05) is 11.4 Å². The zero-order valence-electron chi connectivity index (χ0n) is 8.01. The molecule has 0 heterocycles. The second kappa shape index (κ2) is 5.67. The van der Waals surface area contributed by atoms with E-state index in [0.717, 1.165) is 12.0 Å². The predicted molar refractivity (Wildman–Crippen MR) is 55.2 cm³/mol. The molecule has 15 heavy (non-hydrogen) atoms. The van der Waals surface area contributed by atoms with Gasteiger partial charge in [-0.15, -0.1) is 11.6 Å². The summed E-state index contributed by atoms with van der Waals surface area (Å²) < 4.78 is 24.7. The van der Waals surface area contributed by atoms with Crippen molar-refractivity contribution in [3.05, 3.63) is 34.9 Å². The molecule has 0 aliphatic rings. The van der Waals surface area contributed by atoms with Gasteiger partial charge >= 0.3 is 0 Å². The van der Waals surface area contributed by atoms with E-state index in [1.807, 2.05) is 6.07 Å². The van der Waals surface area contributed by atoms with Crippen molar-refractivity contribution in [3.63, 3.8) is 0 Å². The lowest BCUT2D eigenvalue weighted by atomic mass is 10.0. The third-order valence-electron chi connectivity index (χ3n) is 2.09. The summed E-state index contributed by atoms with van der Waals surface area (Å²) in [5, 5.41) is 8.80. The predicted octanol–water partition coefficient (Wildman–Crippen LogP) is 3.67. The van der Waals surface area contributed by atoms with Crippen molar-refractivity contribution in [2.75, 3.05) is 5.88 Å². The van der Waals surface area contributed by atoms with Crippen LogP contribution < -0.4 is 0 Å². The van der Waals surface area contributed by atoms with Gasteiger partial charge in [0.15, 0.2) is 0 Å². The minimum absolute atomic E-state index is 0.110. The van der Waals surface area contributed by atoms with Gasteiger partial charge in [0.25, 0.3) is 6.43 Å². The minimum atomic E-state index is -2.53. The second-order valence-corrected chi connectivity index (χ2v) is 3.50. The Morgan fingerprint density at radius 2 is 2.13 bits per heavy atom. The van der Waals surface area contributed by atoms with Crippen LogP contribution in [0.4, 0.5) is 8.78 Å². The highest BCUT2D eigenvalue weighted by atomic mass is 35.5. The van der Waals surface area contributed by atoms with Crippen molar-refractivity contribution >= 4 is 11.6 Å². The van der Waals surface area contributed by atoms with E-state index >= 15 is 0 Å². The van der Waals surface area contributed by atoms with Gasteiger partial charge in [0.1, 0.15) is 0 Å². The molecule has 0 spiro atoms. The Bertz CT molecular complexity index is 371. The molecule has 0 aliphatic carbocycles. The highest BCUT2D eigenvalue weighted by Gasteiger charge is 2.10. The molecule has 4 heteroatoms. The SMILES string of the molecule is N#Cc1cc(C(F)F)ccc1CCCCl. The van der Waals surface area contributed by atoms with Crippen LogP contribution in [0.25, 0.3) is 0 Å². The minimum Gasteiger partial charge on any atom is -0.205 e. The number of halogens is 3. The molecule has 1 aromatic rings. The molecule has 0 saturated heterocycles. The molecule has 0 N–H and O–H groups in total. The fraction of sp³-hybridized carbons (Fsp3) is 0.364. The molecule has 0 radical (unpaired) electrons. The number of aryl methyl sites for hydroxylation is 1. The summed E-state index contributed by atoms with van der Waals surface area (Å²) in [7, 11) is 0. The van der Waals surface area contributed by atoms with E-state index in [-0.39, 0.29) is 5.56 Å². The van der Waals surface area contributed by atoms with Crippen molar-refractivity contribution in [3.8, 4) is 6.07 Å². The third kappa shape index (κ3) is 3.17. The average molecular weight is 230 g/mol. The van der Waals surface area contributed by atoms with E-state index < -0.39 is 6.43 Å². The maximum Gasteiger partial charge on any atom is 0.263 e. The molecule has 80 valence electrons. The summed E-state index contributed by atoms with van der Waals surface area (Å²) in [5.41, 5.74) is 0.988. The Morgan fingerprint density at radius 1 is 1.40 bits per heavy atom. The molecule has 1 rings (SSSR count). The summed E-state index contributed by atoms with van der Waals surface area (Å²) in [6, 6.07) is 6.10. The van der Waals surface area contributed by atoms with E-state index in [4.69, 9.17) is 16.9 Å². The topological polar surface area (TPSA) is 23.8 Å². The second-order valence-electron chi connectivity index (χ2n) is 3.12. The van der Waals surface area contributed by atoms with E-state index in [1.165, 1.54) is 12.1 Å². The van der Waals surface area contributed by atoms with Crippen LogP contribution in [0.5, 0.6) is 0 Å². The first-order valence-corrected chi connectivity index (χ1v) is 5.09. The number of nitriles is 1. The Labute approximate surface area is 92.3 Å². The molecule has 1 aromatic carbocycles. The Kier molecular flexibility index (Phi) is 4.51. The molecule has 0 saturated carbocycles. The summed E-state index contributed by atoms with van der Waals surface area (Å²) in [6.45, 7) is 0. The van der Waals surface area contributed by atoms with Crippen LogP contribution in [0.3, 0.4) is 0 Å². The monoisotopic (exact) mass is 229 g/mol. The largest absolute Gasteiger partial charge is 0.263 e. The van der Waals surface area contributed by atoms with E-state index in [9.17, 15) is 8.78 Å². The third-order valence-corrected chi connectivity index (χ3v) is 2.35. The van der Waals surface area contributed by atoms with Crippen molar-refractivity contribution in [2.24, 2.45) is 0 Å². The molecule has 0 fully saturated rings.